The molecule has 3 rings (SSSR count). The first-order valence-electron chi connectivity index (χ1n) is 7.61. The molecule has 0 fully saturated rings. The molecule has 0 saturated carbocycles. The highest BCUT2D eigenvalue weighted by Gasteiger charge is 2.27. The lowest BCUT2D eigenvalue weighted by molar-refractivity contribution is 0.631. The molecule has 2 aromatic rings. The van der Waals surface area contributed by atoms with Crippen LogP contribution in [0.3, 0.4) is 0 Å². The Bertz CT molecular complexity index is 617. The van der Waals surface area contributed by atoms with Crippen molar-refractivity contribution < 1.29 is 0 Å². The second-order valence-electron chi connectivity index (χ2n) is 5.63. The van der Waals surface area contributed by atoms with Crippen molar-refractivity contribution in [2.45, 2.75) is 26.7 Å². The molecule has 21 heavy (non-hydrogen) atoms. The first kappa shape index (κ1) is 13.8. The van der Waals surface area contributed by atoms with Crippen molar-refractivity contribution in [3.05, 3.63) is 59.9 Å². The Morgan fingerprint density at radius 1 is 1.19 bits per heavy atom. The quantitative estimate of drug-likeness (QED) is 0.845. The van der Waals surface area contributed by atoms with Gasteiger partial charge in [0.15, 0.2) is 0 Å². The van der Waals surface area contributed by atoms with Crippen molar-refractivity contribution in [3.63, 3.8) is 0 Å². The summed E-state index contributed by atoms with van der Waals surface area (Å²) >= 11 is 0. The van der Waals surface area contributed by atoms with Gasteiger partial charge >= 0.3 is 0 Å². The third-order valence-electron chi connectivity index (χ3n) is 3.93. The molecular weight excluding hydrogens is 258 g/mol. The number of benzene rings is 1. The average molecular weight is 279 g/mol. The van der Waals surface area contributed by atoms with E-state index in [4.69, 9.17) is 5.10 Å². The molecule has 1 aromatic heterocycles. The second-order valence-corrected chi connectivity index (χ2v) is 5.63. The predicted molar refractivity (Wildman–Crippen MR) is 87.7 cm³/mol. The summed E-state index contributed by atoms with van der Waals surface area (Å²) in [5.41, 5.74) is 4.76. The number of hydrazone groups is 1. The Balaban J connectivity index is 1.91. The molecule has 1 aliphatic heterocycles. The number of hydrogen-bond acceptors (Lipinski definition) is 3. The molecule has 1 atom stereocenters. The molecule has 108 valence electrons. The lowest BCUT2D eigenvalue weighted by atomic mass is 9.94. The largest absolute Gasteiger partial charge is 0.265 e. The summed E-state index contributed by atoms with van der Waals surface area (Å²) in [5, 5.41) is 7.00. The maximum absolute atomic E-state index is 4.87. The molecule has 0 amide bonds. The summed E-state index contributed by atoms with van der Waals surface area (Å²) in [6.07, 6.45) is 6.06. The normalized spacial score (nSPS) is 17.9. The fraction of sp³-hybridized carbons (Fsp3) is 0.333. The Morgan fingerprint density at radius 2 is 2.00 bits per heavy atom. The summed E-state index contributed by atoms with van der Waals surface area (Å²) in [6, 6.07) is 12.7. The van der Waals surface area contributed by atoms with Gasteiger partial charge < -0.3 is 0 Å². The van der Waals surface area contributed by atoms with E-state index in [0.29, 0.717) is 5.92 Å². The summed E-state index contributed by atoms with van der Waals surface area (Å²) in [5.74, 6) is 0.487. The molecule has 0 spiro atoms. The first-order chi connectivity index (χ1) is 10.3. The van der Waals surface area contributed by atoms with E-state index in [0.717, 1.165) is 18.5 Å². The van der Waals surface area contributed by atoms with E-state index < -0.39 is 0 Å². The zero-order valence-electron chi connectivity index (χ0n) is 12.7. The number of rotatable bonds is 4. The average Bonchev–Trinajstić information content (AvgIpc) is 2.93. The van der Waals surface area contributed by atoms with E-state index in [2.05, 4.69) is 54.2 Å². The molecule has 3 heteroatoms. The van der Waals surface area contributed by atoms with E-state index in [1.807, 2.05) is 18.5 Å². The zero-order chi connectivity index (χ0) is 14.7. The van der Waals surface area contributed by atoms with Crippen molar-refractivity contribution in [1.29, 1.82) is 0 Å². The minimum Gasteiger partial charge on any atom is -0.265 e. The van der Waals surface area contributed by atoms with Crippen LogP contribution >= 0.6 is 0 Å². The van der Waals surface area contributed by atoms with Gasteiger partial charge in [0.2, 0.25) is 0 Å². The molecule has 2 heterocycles. The number of aryl methyl sites for hydroxylation is 1. The summed E-state index contributed by atoms with van der Waals surface area (Å²) in [7, 11) is 0. The lowest BCUT2D eigenvalue weighted by Crippen LogP contribution is -2.19. The van der Waals surface area contributed by atoms with Crippen molar-refractivity contribution in [3.8, 4) is 0 Å². The molecule has 0 N–H and O–H groups in total. The van der Waals surface area contributed by atoms with E-state index in [1.54, 1.807) is 0 Å². The minimum atomic E-state index is 0.487. The third kappa shape index (κ3) is 2.97. The maximum Gasteiger partial charge on any atom is 0.0746 e. The van der Waals surface area contributed by atoms with Crippen molar-refractivity contribution in [2.75, 3.05) is 11.6 Å². The highest BCUT2D eigenvalue weighted by Crippen LogP contribution is 2.27. The molecule has 0 aliphatic carbocycles. The van der Waals surface area contributed by atoms with Gasteiger partial charge in [0.25, 0.3) is 0 Å². The summed E-state index contributed by atoms with van der Waals surface area (Å²) in [4.78, 5) is 4.23. The first-order valence-corrected chi connectivity index (χ1v) is 7.61. The predicted octanol–water partition coefficient (Wildman–Crippen LogP) is 4.03. The molecule has 1 aromatic carbocycles. The van der Waals surface area contributed by atoms with Gasteiger partial charge in [-0.15, -0.1) is 0 Å². The van der Waals surface area contributed by atoms with Gasteiger partial charge in [-0.1, -0.05) is 31.0 Å². The number of pyridine rings is 1. The molecule has 0 bridgehead atoms. The molecule has 0 radical (unpaired) electrons. The van der Waals surface area contributed by atoms with Crippen LogP contribution in [0.5, 0.6) is 0 Å². The van der Waals surface area contributed by atoms with E-state index in [1.165, 1.54) is 23.4 Å². The van der Waals surface area contributed by atoms with Gasteiger partial charge in [0.1, 0.15) is 0 Å². The van der Waals surface area contributed by atoms with Gasteiger partial charge in [0, 0.05) is 23.9 Å². The van der Waals surface area contributed by atoms with Crippen LogP contribution in [0.2, 0.25) is 0 Å². The number of nitrogens with zero attached hydrogens (tertiary/aromatic N) is 3. The van der Waals surface area contributed by atoms with Crippen LogP contribution in [-0.4, -0.2) is 17.2 Å². The fourth-order valence-electron chi connectivity index (χ4n) is 2.81. The molecule has 3 nitrogen and oxygen atoms in total. The number of aromatic nitrogens is 1. The van der Waals surface area contributed by atoms with Crippen LogP contribution in [0, 0.1) is 12.8 Å². The van der Waals surface area contributed by atoms with Gasteiger partial charge in [-0.3, -0.25) is 9.99 Å². The van der Waals surface area contributed by atoms with E-state index in [9.17, 15) is 0 Å². The van der Waals surface area contributed by atoms with Gasteiger partial charge in [0.05, 0.1) is 17.9 Å². The fourth-order valence-corrected chi connectivity index (χ4v) is 2.81. The zero-order valence-corrected chi connectivity index (χ0v) is 12.7. The van der Waals surface area contributed by atoms with Crippen molar-refractivity contribution >= 4 is 11.4 Å². The van der Waals surface area contributed by atoms with Gasteiger partial charge in [-0.05, 0) is 37.6 Å². The van der Waals surface area contributed by atoms with Crippen LogP contribution in [-0.2, 0) is 0 Å². The number of hydrogen-bond donors (Lipinski definition) is 0. The lowest BCUT2D eigenvalue weighted by Gasteiger charge is -2.16. The smallest absolute Gasteiger partial charge is 0.0746 e. The molecular formula is C18H21N3. The van der Waals surface area contributed by atoms with Crippen LogP contribution in [0.4, 0.5) is 5.69 Å². The van der Waals surface area contributed by atoms with E-state index in [-0.39, 0.29) is 0 Å². The van der Waals surface area contributed by atoms with Gasteiger partial charge in [-0.2, -0.15) is 5.10 Å². The van der Waals surface area contributed by atoms with Crippen molar-refractivity contribution in [2.24, 2.45) is 11.0 Å². The second kappa shape index (κ2) is 6.08. The minimum absolute atomic E-state index is 0.487. The van der Waals surface area contributed by atoms with Crippen molar-refractivity contribution in [1.82, 2.24) is 4.98 Å². The van der Waals surface area contributed by atoms with Gasteiger partial charge in [-0.25, -0.2) is 0 Å². The maximum atomic E-state index is 4.87. The Morgan fingerprint density at radius 3 is 2.67 bits per heavy atom. The van der Waals surface area contributed by atoms with Crippen LogP contribution in [0.1, 0.15) is 30.9 Å². The highest BCUT2D eigenvalue weighted by atomic mass is 15.5. The van der Waals surface area contributed by atoms with Crippen LogP contribution in [0.25, 0.3) is 0 Å². The molecule has 0 saturated heterocycles. The monoisotopic (exact) mass is 279 g/mol. The Hall–Kier alpha value is -2.16. The summed E-state index contributed by atoms with van der Waals surface area (Å²) in [6.45, 7) is 5.30. The topological polar surface area (TPSA) is 28.5 Å². The third-order valence-corrected chi connectivity index (χ3v) is 3.93. The Kier molecular flexibility index (Phi) is 4.00. The summed E-state index contributed by atoms with van der Waals surface area (Å²) < 4.78 is 0. The van der Waals surface area contributed by atoms with E-state index >= 15 is 0 Å². The Labute approximate surface area is 126 Å². The molecule has 1 aliphatic rings. The van der Waals surface area contributed by atoms with Crippen LogP contribution < -0.4 is 5.01 Å². The SMILES string of the molecule is CCCC1CN(c2ccc(C)cc2)N=C1c1cccnc1. The highest BCUT2D eigenvalue weighted by molar-refractivity contribution is 6.04. The van der Waals surface area contributed by atoms with Crippen LogP contribution in [0.15, 0.2) is 53.9 Å². The standard InChI is InChI=1S/C18H21N3/c1-3-5-16-13-21(17-9-7-14(2)8-10-17)20-18(16)15-6-4-11-19-12-15/h4,6-12,16H,3,5,13H2,1-2H3. The number of anilines is 1. The molecule has 1 unspecified atom stereocenters.